The van der Waals surface area contributed by atoms with Gasteiger partial charge in [0.25, 0.3) is 5.91 Å². The van der Waals surface area contributed by atoms with Crippen molar-refractivity contribution in [2.24, 2.45) is 5.41 Å². The summed E-state index contributed by atoms with van der Waals surface area (Å²) in [5.41, 5.74) is 2.06. The number of rotatable bonds is 2. The van der Waals surface area contributed by atoms with Gasteiger partial charge in [-0.25, -0.2) is 4.39 Å². The van der Waals surface area contributed by atoms with Gasteiger partial charge in [-0.15, -0.1) is 0 Å². The molecule has 4 nitrogen and oxygen atoms in total. The number of carbonyl (C=O) groups is 1. The Kier molecular flexibility index (Phi) is 4.43. The number of amides is 1. The maximum Gasteiger partial charge on any atom is 0.254 e. The number of hydrogen-bond donors (Lipinski definition) is 0. The number of methoxy groups -OCH3 is 1. The molecule has 2 heterocycles. The summed E-state index contributed by atoms with van der Waals surface area (Å²) in [6.45, 7) is 3.34. The first kappa shape index (κ1) is 17.4. The Morgan fingerprint density at radius 3 is 2.92 bits per heavy atom. The monoisotopic (exact) mass is 356 g/mol. The minimum atomic E-state index is -0.345. The molecule has 26 heavy (non-hydrogen) atoms. The number of piperidine rings is 1. The molecule has 2 aromatic rings. The fourth-order valence-corrected chi connectivity index (χ4v) is 4.95. The molecule has 1 aliphatic heterocycles. The van der Waals surface area contributed by atoms with Crippen molar-refractivity contribution in [3.05, 3.63) is 41.3 Å². The molecule has 0 unspecified atom stereocenters. The highest BCUT2D eigenvalue weighted by atomic mass is 19.1. The summed E-state index contributed by atoms with van der Waals surface area (Å²) in [6.07, 6.45) is 5.66. The quantitative estimate of drug-likeness (QED) is 0.813. The molecule has 1 amide bonds. The number of hydrogen-bond acceptors (Lipinski definition) is 3. The van der Waals surface area contributed by atoms with Gasteiger partial charge in [-0.2, -0.15) is 0 Å². The van der Waals surface area contributed by atoms with Gasteiger partial charge in [0.15, 0.2) is 0 Å². The van der Waals surface area contributed by atoms with E-state index >= 15 is 0 Å². The molecule has 0 N–H and O–H groups in total. The Balaban J connectivity index is 1.69. The molecule has 1 spiro atoms. The highest BCUT2D eigenvalue weighted by Crippen LogP contribution is 2.46. The molecule has 2 atom stereocenters. The molecule has 1 aliphatic carbocycles. The smallest absolute Gasteiger partial charge is 0.254 e. The van der Waals surface area contributed by atoms with Gasteiger partial charge in [0.1, 0.15) is 5.82 Å². The Hall–Kier alpha value is -2.01. The van der Waals surface area contributed by atoms with Gasteiger partial charge in [-0.1, -0.05) is 6.42 Å². The number of aryl methyl sites for hydroxylation is 1. The van der Waals surface area contributed by atoms with Gasteiger partial charge < -0.3 is 9.64 Å². The fourth-order valence-electron chi connectivity index (χ4n) is 4.95. The van der Waals surface area contributed by atoms with E-state index in [1.807, 2.05) is 11.8 Å². The summed E-state index contributed by atoms with van der Waals surface area (Å²) in [5, 5.41) is 0.593. The van der Waals surface area contributed by atoms with Gasteiger partial charge in [0.05, 0.1) is 17.2 Å². The zero-order chi connectivity index (χ0) is 18.3. The normalized spacial score (nSPS) is 26.0. The van der Waals surface area contributed by atoms with Gasteiger partial charge in [0, 0.05) is 36.7 Å². The van der Waals surface area contributed by atoms with Crippen molar-refractivity contribution in [1.29, 1.82) is 0 Å². The SMILES string of the molecule is CO[C@@H]1CCC[C@]12CCCN(C(=O)c1cc(C)nc3ccc(F)cc13)C2. The summed E-state index contributed by atoms with van der Waals surface area (Å²) in [6, 6.07) is 6.24. The van der Waals surface area contributed by atoms with Crippen LogP contribution in [0.2, 0.25) is 0 Å². The van der Waals surface area contributed by atoms with E-state index < -0.39 is 0 Å². The lowest BCUT2D eigenvalue weighted by Gasteiger charge is -2.43. The molecule has 2 fully saturated rings. The highest BCUT2D eigenvalue weighted by molar-refractivity contribution is 6.06. The first-order valence-electron chi connectivity index (χ1n) is 9.41. The van der Waals surface area contributed by atoms with Crippen molar-refractivity contribution < 1.29 is 13.9 Å². The Morgan fingerprint density at radius 1 is 1.31 bits per heavy atom. The van der Waals surface area contributed by atoms with Crippen LogP contribution in [-0.2, 0) is 4.74 Å². The lowest BCUT2D eigenvalue weighted by molar-refractivity contribution is -0.0295. The molecule has 138 valence electrons. The van der Waals surface area contributed by atoms with Crippen LogP contribution in [0.4, 0.5) is 4.39 Å². The lowest BCUT2D eigenvalue weighted by atomic mass is 9.76. The molecular weight excluding hydrogens is 331 g/mol. The third-order valence-corrected chi connectivity index (χ3v) is 6.13. The number of nitrogens with zero attached hydrogens (tertiary/aromatic N) is 2. The van der Waals surface area contributed by atoms with Crippen molar-refractivity contribution in [1.82, 2.24) is 9.88 Å². The van der Waals surface area contributed by atoms with E-state index in [0.29, 0.717) is 16.5 Å². The molecule has 2 aliphatic rings. The predicted octanol–water partition coefficient (Wildman–Crippen LogP) is 4.10. The van der Waals surface area contributed by atoms with E-state index in [1.165, 1.54) is 12.1 Å². The minimum absolute atomic E-state index is 0.0214. The summed E-state index contributed by atoms with van der Waals surface area (Å²) in [7, 11) is 1.78. The van der Waals surface area contributed by atoms with E-state index in [9.17, 15) is 9.18 Å². The second-order valence-electron chi connectivity index (χ2n) is 7.78. The van der Waals surface area contributed by atoms with Crippen molar-refractivity contribution >= 4 is 16.8 Å². The van der Waals surface area contributed by atoms with E-state index in [0.717, 1.165) is 50.9 Å². The lowest BCUT2D eigenvalue weighted by Crippen LogP contribution is -2.49. The molecule has 0 bridgehead atoms. The Bertz CT molecular complexity index is 853. The maximum absolute atomic E-state index is 13.8. The second-order valence-corrected chi connectivity index (χ2v) is 7.78. The Morgan fingerprint density at radius 2 is 2.12 bits per heavy atom. The van der Waals surface area contributed by atoms with Gasteiger partial charge in [-0.3, -0.25) is 9.78 Å². The van der Waals surface area contributed by atoms with Crippen LogP contribution in [0.15, 0.2) is 24.3 Å². The molecule has 1 aromatic carbocycles. The van der Waals surface area contributed by atoms with E-state index in [4.69, 9.17) is 4.74 Å². The van der Waals surface area contributed by atoms with Crippen LogP contribution in [0.5, 0.6) is 0 Å². The van der Waals surface area contributed by atoms with Gasteiger partial charge in [0.2, 0.25) is 0 Å². The predicted molar refractivity (Wildman–Crippen MR) is 98.7 cm³/mol. The van der Waals surface area contributed by atoms with Crippen molar-refractivity contribution in [2.45, 2.75) is 45.1 Å². The summed E-state index contributed by atoms with van der Waals surface area (Å²) < 4.78 is 19.5. The molecular formula is C21H25FN2O2. The Labute approximate surface area is 153 Å². The molecule has 4 rings (SSSR count). The van der Waals surface area contributed by atoms with Crippen molar-refractivity contribution in [3.8, 4) is 0 Å². The average molecular weight is 356 g/mol. The van der Waals surface area contributed by atoms with E-state index in [2.05, 4.69) is 4.98 Å². The van der Waals surface area contributed by atoms with Crippen LogP contribution < -0.4 is 0 Å². The van der Waals surface area contributed by atoms with Crippen LogP contribution >= 0.6 is 0 Å². The number of benzene rings is 1. The molecule has 0 radical (unpaired) electrons. The molecule has 1 saturated carbocycles. The summed E-state index contributed by atoms with van der Waals surface area (Å²) >= 11 is 0. The summed E-state index contributed by atoms with van der Waals surface area (Å²) in [4.78, 5) is 19.7. The molecule has 1 aromatic heterocycles. The fraction of sp³-hybridized carbons (Fsp3) is 0.524. The average Bonchev–Trinajstić information content (AvgIpc) is 3.02. The number of likely N-dealkylation sites (tertiary alicyclic amines) is 1. The summed E-state index contributed by atoms with van der Waals surface area (Å²) in [5.74, 6) is -0.366. The first-order valence-corrected chi connectivity index (χ1v) is 9.41. The second kappa shape index (κ2) is 6.62. The zero-order valence-electron chi connectivity index (χ0n) is 15.4. The minimum Gasteiger partial charge on any atom is -0.381 e. The van der Waals surface area contributed by atoms with Crippen LogP contribution in [0.1, 0.15) is 48.2 Å². The van der Waals surface area contributed by atoms with Crippen LogP contribution in [0.25, 0.3) is 10.9 Å². The maximum atomic E-state index is 13.8. The number of carbonyl (C=O) groups excluding carboxylic acids is 1. The molecule has 1 saturated heterocycles. The van der Waals surface area contributed by atoms with E-state index in [-0.39, 0.29) is 23.2 Å². The van der Waals surface area contributed by atoms with Crippen molar-refractivity contribution in [2.75, 3.05) is 20.2 Å². The van der Waals surface area contributed by atoms with Gasteiger partial charge in [-0.05, 0) is 56.9 Å². The van der Waals surface area contributed by atoms with E-state index in [1.54, 1.807) is 19.2 Å². The van der Waals surface area contributed by atoms with Crippen LogP contribution in [0.3, 0.4) is 0 Å². The van der Waals surface area contributed by atoms with Crippen LogP contribution in [-0.4, -0.2) is 42.1 Å². The first-order chi connectivity index (χ1) is 12.5. The standard InChI is InChI=1S/C21H25FN2O2/c1-14-11-17(16-12-15(22)6-7-18(16)23-14)20(25)24-10-4-9-21(13-24)8-3-5-19(21)26-2/h6-7,11-12,19H,3-5,8-10,13H2,1-2H3/t19-,21-/m1/s1. The van der Waals surface area contributed by atoms with Crippen molar-refractivity contribution in [3.63, 3.8) is 0 Å². The topological polar surface area (TPSA) is 42.4 Å². The number of fused-ring (bicyclic) bond motifs is 1. The number of halogens is 1. The zero-order valence-corrected chi connectivity index (χ0v) is 15.4. The number of pyridine rings is 1. The highest BCUT2D eigenvalue weighted by Gasteiger charge is 2.46. The van der Waals surface area contributed by atoms with Gasteiger partial charge >= 0.3 is 0 Å². The largest absolute Gasteiger partial charge is 0.381 e. The number of aromatic nitrogens is 1. The third kappa shape index (κ3) is 2.88. The molecule has 5 heteroatoms. The number of ether oxygens (including phenoxy) is 1. The third-order valence-electron chi connectivity index (χ3n) is 6.13. The van der Waals surface area contributed by atoms with Crippen LogP contribution in [0, 0.1) is 18.2 Å².